The van der Waals surface area contributed by atoms with Crippen molar-refractivity contribution in [1.82, 2.24) is 0 Å². The Bertz CT molecular complexity index is 733. The van der Waals surface area contributed by atoms with Gasteiger partial charge in [-0.05, 0) is 42.7 Å². The van der Waals surface area contributed by atoms with Crippen LogP contribution in [0.4, 0.5) is 0 Å². The third-order valence-corrected chi connectivity index (χ3v) is 6.23. The molecular formula is C21H27ClO5S. The van der Waals surface area contributed by atoms with Crippen LogP contribution in [0.15, 0.2) is 30.3 Å². The summed E-state index contributed by atoms with van der Waals surface area (Å²) in [7, 11) is 0. The highest BCUT2D eigenvalue weighted by atomic mass is 35.5. The van der Waals surface area contributed by atoms with E-state index in [0.717, 1.165) is 26.1 Å². The number of aliphatic hydroxyl groups excluding tert-OH is 2. The minimum atomic E-state index is -0.463. The molecule has 1 aliphatic heterocycles. The van der Waals surface area contributed by atoms with E-state index in [0.29, 0.717) is 39.1 Å². The van der Waals surface area contributed by atoms with Crippen LogP contribution in [-0.2, 0) is 15.9 Å². The smallest absolute Gasteiger partial charge is 0.119 e. The van der Waals surface area contributed by atoms with Crippen LogP contribution in [0.3, 0.4) is 0 Å². The summed E-state index contributed by atoms with van der Waals surface area (Å²) >= 11 is 7.95. The van der Waals surface area contributed by atoms with Crippen molar-refractivity contribution in [2.24, 2.45) is 0 Å². The molecule has 2 heterocycles. The van der Waals surface area contributed by atoms with Crippen molar-refractivity contribution in [2.45, 2.75) is 44.5 Å². The van der Waals surface area contributed by atoms with Crippen LogP contribution in [0.2, 0.25) is 4.34 Å². The van der Waals surface area contributed by atoms with Crippen molar-refractivity contribution in [3.63, 3.8) is 0 Å². The average molecular weight is 427 g/mol. The number of halogens is 1. The molecule has 0 saturated carbocycles. The monoisotopic (exact) mass is 426 g/mol. The van der Waals surface area contributed by atoms with Crippen LogP contribution in [0, 0.1) is 0 Å². The Kier molecular flexibility index (Phi) is 8.14. The summed E-state index contributed by atoms with van der Waals surface area (Å²) in [5.74, 6) is 0.820. The van der Waals surface area contributed by atoms with E-state index in [4.69, 9.17) is 25.8 Å². The molecule has 2 N–H and O–H groups in total. The Morgan fingerprint density at radius 2 is 2.00 bits per heavy atom. The number of benzene rings is 1. The predicted octanol–water partition coefficient (Wildman–Crippen LogP) is 3.98. The van der Waals surface area contributed by atoms with E-state index < -0.39 is 6.10 Å². The zero-order valence-electron chi connectivity index (χ0n) is 16.0. The van der Waals surface area contributed by atoms with E-state index in [1.54, 1.807) is 0 Å². The van der Waals surface area contributed by atoms with Crippen molar-refractivity contribution in [1.29, 1.82) is 0 Å². The molecule has 5 nitrogen and oxygen atoms in total. The van der Waals surface area contributed by atoms with E-state index in [2.05, 4.69) is 6.07 Å². The van der Waals surface area contributed by atoms with Gasteiger partial charge >= 0.3 is 0 Å². The number of aliphatic hydroxyl groups is 2. The van der Waals surface area contributed by atoms with Crippen LogP contribution >= 0.6 is 22.9 Å². The normalized spacial score (nSPS) is 22.4. The fourth-order valence-corrected chi connectivity index (χ4v) is 4.63. The molecule has 2 aromatic rings. The van der Waals surface area contributed by atoms with Gasteiger partial charge in [0.2, 0.25) is 0 Å². The van der Waals surface area contributed by atoms with Crippen LogP contribution in [0.5, 0.6) is 5.75 Å². The summed E-state index contributed by atoms with van der Waals surface area (Å²) in [6.45, 7) is 3.69. The Balaban J connectivity index is 1.60. The van der Waals surface area contributed by atoms with Gasteiger partial charge in [-0.1, -0.05) is 23.7 Å². The third kappa shape index (κ3) is 5.92. The summed E-state index contributed by atoms with van der Waals surface area (Å²) in [5.41, 5.74) is 2.18. The molecular weight excluding hydrogens is 400 g/mol. The standard InChI is InChI=1S/C21H27ClO5S/c1-2-25-7-8-26-17-5-3-14(4-6-17)9-15-10-20(28-21(15)22)19-12-16(24)11-18(13-23)27-19/h3-6,10,16,18-19,23-24H,2,7-9,11-13H2,1H3. The molecule has 0 bridgehead atoms. The van der Waals surface area contributed by atoms with Gasteiger partial charge < -0.3 is 24.4 Å². The molecule has 1 fully saturated rings. The van der Waals surface area contributed by atoms with E-state index >= 15 is 0 Å². The Morgan fingerprint density at radius 1 is 1.21 bits per heavy atom. The zero-order valence-corrected chi connectivity index (χ0v) is 17.5. The summed E-state index contributed by atoms with van der Waals surface area (Å²) in [6, 6.07) is 10.0. The number of hydrogen-bond acceptors (Lipinski definition) is 6. The van der Waals surface area contributed by atoms with Gasteiger partial charge in [0, 0.05) is 24.3 Å². The van der Waals surface area contributed by atoms with Crippen molar-refractivity contribution in [3.8, 4) is 5.75 Å². The number of ether oxygens (including phenoxy) is 3. The maximum absolute atomic E-state index is 10.0. The molecule has 0 amide bonds. The van der Waals surface area contributed by atoms with Gasteiger partial charge in [0.05, 0.1) is 35.9 Å². The minimum Gasteiger partial charge on any atom is -0.491 e. The van der Waals surface area contributed by atoms with E-state index in [9.17, 15) is 10.2 Å². The lowest BCUT2D eigenvalue weighted by molar-refractivity contribution is -0.112. The van der Waals surface area contributed by atoms with Gasteiger partial charge in [-0.2, -0.15) is 0 Å². The van der Waals surface area contributed by atoms with E-state index in [1.807, 2.05) is 31.2 Å². The van der Waals surface area contributed by atoms with Crippen LogP contribution in [0.1, 0.15) is 41.9 Å². The first-order chi connectivity index (χ1) is 13.6. The second-order valence-electron chi connectivity index (χ2n) is 6.87. The molecule has 3 rings (SSSR count). The number of hydrogen-bond donors (Lipinski definition) is 2. The SMILES string of the molecule is CCOCCOc1ccc(Cc2cc(C3CC(O)CC(CO)O3)sc2Cl)cc1. The quantitative estimate of drug-likeness (QED) is 0.593. The molecule has 1 aromatic carbocycles. The molecule has 7 heteroatoms. The lowest BCUT2D eigenvalue weighted by Crippen LogP contribution is -2.33. The van der Waals surface area contributed by atoms with Crippen molar-refractivity contribution in [3.05, 3.63) is 50.7 Å². The molecule has 3 atom stereocenters. The highest BCUT2D eigenvalue weighted by molar-refractivity contribution is 7.16. The largest absolute Gasteiger partial charge is 0.491 e. The molecule has 28 heavy (non-hydrogen) atoms. The molecule has 1 saturated heterocycles. The van der Waals surface area contributed by atoms with Crippen molar-refractivity contribution >= 4 is 22.9 Å². The molecule has 0 spiro atoms. The molecule has 3 unspecified atom stereocenters. The minimum absolute atomic E-state index is 0.0848. The van der Waals surface area contributed by atoms with E-state index in [-0.39, 0.29) is 18.8 Å². The maximum Gasteiger partial charge on any atom is 0.119 e. The maximum atomic E-state index is 10.0. The third-order valence-electron chi connectivity index (χ3n) is 4.69. The average Bonchev–Trinajstić information content (AvgIpc) is 3.06. The lowest BCUT2D eigenvalue weighted by atomic mass is 9.99. The Hall–Kier alpha value is -1.15. The summed E-state index contributed by atoms with van der Waals surface area (Å²) < 4.78 is 17.5. The van der Waals surface area contributed by atoms with Crippen LogP contribution < -0.4 is 4.74 Å². The van der Waals surface area contributed by atoms with Crippen LogP contribution in [-0.4, -0.2) is 48.8 Å². The van der Waals surface area contributed by atoms with Crippen LogP contribution in [0.25, 0.3) is 0 Å². The molecule has 1 aliphatic rings. The molecule has 0 radical (unpaired) electrons. The first-order valence-corrected chi connectivity index (χ1v) is 10.8. The van der Waals surface area contributed by atoms with Crippen molar-refractivity contribution in [2.75, 3.05) is 26.4 Å². The first-order valence-electron chi connectivity index (χ1n) is 9.61. The Morgan fingerprint density at radius 3 is 2.71 bits per heavy atom. The highest BCUT2D eigenvalue weighted by Gasteiger charge is 2.30. The van der Waals surface area contributed by atoms with Crippen molar-refractivity contribution < 1.29 is 24.4 Å². The highest BCUT2D eigenvalue weighted by Crippen LogP contribution is 2.39. The van der Waals surface area contributed by atoms with Gasteiger partial charge in [-0.15, -0.1) is 11.3 Å². The van der Waals surface area contributed by atoms with Gasteiger partial charge in [0.15, 0.2) is 0 Å². The molecule has 0 aliphatic carbocycles. The van der Waals surface area contributed by atoms with Gasteiger partial charge in [-0.25, -0.2) is 0 Å². The second kappa shape index (κ2) is 10.6. The van der Waals surface area contributed by atoms with Gasteiger partial charge in [0.25, 0.3) is 0 Å². The topological polar surface area (TPSA) is 68.2 Å². The lowest BCUT2D eigenvalue weighted by Gasteiger charge is -2.31. The van der Waals surface area contributed by atoms with Gasteiger partial charge in [-0.3, -0.25) is 0 Å². The first kappa shape index (κ1) is 21.6. The Labute approximate surface area is 174 Å². The molecule has 1 aromatic heterocycles. The van der Waals surface area contributed by atoms with E-state index in [1.165, 1.54) is 11.3 Å². The second-order valence-corrected chi connectivity index (χ2v) is 8.55. The summed E-state index contributed by atoms with van der Waals surface area (Å²) in [4.78, 5) is 0.994. The fourth-order valence-electron chi connectivity index (χ4n) is 3.28. The van der Waals surface area contributed by atoms with Gasteiger partial charge in [0.1, 0.15) is 12.4 Å². The number of rotatable bonds is 9. The zero-order chi connectivity index (χ0) is 19.9. The summed E-state index contributed by atoms with van der Waals surface area (Å²) in [5, 5.41) is 19.4. The molecule has 154 valence electrons. The summed E-state index contributed by atoms with van der Waals surface area (Å²) in [6.07, 6.45) is 0.702. The number of thiophene rings is 1. The predicted molar refractivity (Wildman–Crippen MR) is 111 cm³/mol. The fraction of sp³-hybridized carbons (Fsp3) is 0.524.